The summed E-state index contributed by atoms with van der Waals surface area (Å²) in [7, 11) is 0. The maximum Gasteiger partial charge on any atom is 0.189 e. The fraction of sp³-hybridized carbons (Fsp3) is 0.211. The SMILES string of the molecule is CCCCNC(=CC(=O)c1ccccc1)Nc1ccccc1. The third-order valence-electron chi connectivity index (χ3n) is 3.23. The maximum absolute atomic E-state index is 12.3. The normalized spacial score (nSPS) is 11.0. The molecular formula is C19H22N2O. The van der Waals surface area contributed by atoms with Crippen LogP contribution in [-0.4, -0.2) is 12.3 Å². The number of benzene rings is 2. The molecule has 22 heavy (non-hydrogen) atoms. The summed E-state index contributed by atoms with van der Waals surface area (Å²) in [6.07, 6.45) is 3.80. The topological polar surface area (TPSA) is 41.1 Å². The Hall–Kier alpha value is -2.55. The molecule has 0 bridgehead atoms. The maximum atomic E-state index is 12.3. The number of nitrogens with one attached hydrogen (secondary N) is 2. The van der Waals surface area contributed by atoms with Gasteiger partial charge in [-0.05, 0) is 18.6 Å². The zero-order valence-corrected chi connectivity index (χ0v) is 12.9. The van der Waals surface area contributed by atoms with Crippen LogP contribution in [0.25, 0.3) is 0 Å². The first-order valence-corrected chi connectivity index (χ1v) is 7.66. The van der Waals surface area contributed by atoms with Crippen molar-refractivity contribution in [3.05, 3.63) is 78.1 Å². The lowest BCUT2D eigenvalue weighted by Gasteiger charge is -2.13. The van der Waals surface area contributed by atoms with E-state index in [0.717, 1.165) is 30.9 Å². The molecule has 0 atom stereocenters. The molecule has 3 nitrogen and oxygen atoms in total. The van der Waals surface area contributed by atoms with Gasteiger partial charge in [-0.3, -0.25) is 4.79 Å². The fourth-order valence-corrected chi connectivity index (χ4v) is 2.02. The number of carbonyl (C=O) groups is 1. The van der Waals surface area contributed by atoms with Gasteiger partial charge in [-0.2, -0.15) is 0 Å². The van der Waals surface area contributed by atoms with Crippen molar-refractivity contribution in [2.45, 2.75) is 19.8 Å². The molecule has 2 aromatic rings. The van der Waals surface area contributed by atoms with Gasteiger partial charge in [0.1, 0.15) is 5.82 Å². The van der Waals surface area contributed by atoms with Gasteiger partial charge in [0.25, 0.3) is 0 Å². The molecule has 0 aliphatic carbocycles. The molecule has 0 aromatic heterocycles. The van der Waals surface area contributed by atoms with E-state index in [0.29, 0.717) is 5.56 Å². The van der Waals surface area contributed by atoms with Crippen LogP contribution < -0.4 is 10.6 Å². The molecule has 0 spiro atoms. The van der Waals surface area contributed by atoms with E-state index in [2.05, 4.69) is 17.6 Å². The Labute approximate surface area is 132 Å². The number of allylic oxidation sites excluding steroid dienone is 1. The smallest absolute Gasteiger partial charge is 0.189 e. The van der Waals surface area contributed by atoms with Crippen LogP contribution in [0.4, 0.5) is 5.69 Å². The van der Waals surface area contributed by atoms with Gasteiger partial charge in [-0.15, -0.1) is 0 Å². The number of carbonyl (C=O) groups excluding carboxylic acids is 1. The van der Waals surface area contributed by atoms with Gasteiger partial charge in [-0.25, -0.2) is 0 Å². The minimum atomic E-state index is -0.0111. The van der Waals surface area contributed by atoms with E-state index < -0.39 is 0 Å². The Morgan fingerprint density at radius 3 is 2.27 bits per heavy atom. The molecule has 2 rings (SSSR count). The van der Waals surface area contributed by atoms with E-state index in [-0.39, 0.29) is 5.78 Å². The highest BCUT2D eigenvalue weighted by Gasteiger charge is 2.05. The Kier molecular flexibility index (Phi) is 6.24. The first-order valence-electron chi connectivity index (χ1n) is 7.66. The number of anilines is 1. The summed E-state index contributed by atoms with van der Waals surface area (Å²) < 4.78 is 0. The molecule has 0 amide bonds. The van der Waals surface area contributed by atoms with Gasteiger partial charge >= 0.3 is 0 Å². The second kappa shape index (κ2) is 8.67. The van der Waals surface area contributed by atoms with Crippen LogP contribution in [0.5, 0.6) is 0 Å². The lowest BCUT2D eigenvalue weighted by Crippen LogP contribution is -2.22. The van der Waals surface area contributed by atoms with E-state index >= 15 is 0 Å². The molecule has 2 aromatic carbocycles. The largest absolute Gasteiger partial charge is 0.372 e. The standard InChI is InChI=1S/C19H22N2O/c1-2-3-14-20-19(21-17-12-8-5-9-13-17)15-18(22)16-10-6-4-7-11-16/h4-13,15,20-21H,2-3,14H2,1H3. The van der Waals surface area contributed by atoms with Crippen LogP contribution in [0.1, 0.15) is 30.1 Å². The van der Waals surface area contributed by atoms with Crippen molar-refractivity contribution in [3.63, 3.8) is 0 Å². The molecule has 0 saturated heterocycles. The van der Waals surface area contributed by atoms with Crippen molar-refractivity contribution >= 4 is 11.5 Å². The number of para-hydroxylation sites is 1. The predicted molar refractivity (Wildman–Crippen MR) is 91.8 cm³/mol. The molecule has 0 unspecified atom stereocenters. The third-order valence-corrected chi connectivity index (χ3v) is 3.23. The van der Waals surface area contributed by atoms with Crippen LogP contribution in [0.15, 0.2) is 72.6 Å². The van der Waals surface area contributed by atoms with E-state index in [1.807, 2.05) is 60.7 Å². The minimum Gasteiger partial charge on any atom is -0.372 e. The van der Waals surface area contributed by atoms with Crippen molar-refractivity contribution < 1.29 is 4.79 Å². The van der Waals surface area contributed by atoms with Crippen molar-refractivity contribution in [1.29, 1.82) is 0 Å². The average molecular weight is 294 g/mol. The Balaban J connectivity index is 2.12. The summed E-state index contributed by atoms with van der Waals surface area (Å²) in [5.74, 6) is 0.719. The van der Waals surface area contributed by atoms with Crippen molar-refractivity contribution in [2.75, 3.05) is 11.9 Å². The first-order chi connectivity index (χ1) is 10.8. The monoisotopic (exact) mass is 294 g/mol. The lowest BCUT2D eigenvalue weighted by atomic mass is 10.1. The lowest BCUT2D eigenvalue weighted by molar-refractivity contribution is 0.104. The van der Waals surface area contributed by atoms with Gasteiger partial charge in [0, 0.05) is 23.9 Å². The summed E-state index contributed by atoms with van der Waals surface area (Å²) in [5.41, 5.74) is 1.64. The van der Waals surface area contributed by atoms with Gasteiger partial charge in [-0.1, -0.05) is 61.9 Å². The summed E-state index contributed by atoms with van der Waals surface area (Å²) >= 11 is 0. The minimum absolute atomic E-state index is 0.0111. The van der Waals surface area contributed by atoms with Crippen LogP contribution in [0, 0.1) is 0 Å². The van der Waals surface area contributed by atoms with E-state index in [1.54, 1.807) is 6.08 Å². The highest BCUT2D eigenvalue weighted by Crippen LogP contribution is 2.09. The molecule has 0 heterocycles. The quantitative estimate of drug-likeness (QED) is 0.435. The number of hydrogen-bond donors (Lipinski definition) is 2. The number of rotatable bonds is 8. The third kappa shape index (κ3) is 5.09. The second-order valence-corrected chi connectivity index (χ2v) is 5.06. The Bertz CT molecular complexity index is 606. The van der Waals surface area contributed by atoms with Gasteiger partial charge < -0.3 is 10.6 Å². The van der Waals surface area contributed by atoms with E-state index in [1.165, 1.54) is 0 Å². The van der Waals surface area contributed by atoms with E-state index in [4.69, 9.17) is 0 Å². The summed E-state index contributed by atoms with van der Waals surface area (Å²) in [6, 6.07) is 19.1. The zero-order chi connectivity index (χ0) is 15.6. The molecular weight excluding hydrogens is 272 g/mol. The number of unbranched alkanes of at least 4 members (excludes halogenated alkanes) is 1. The van der Waals surface area contributed by atoms with Crippen molar-refractivity contribution in [3.8, 4) is 0 Å². The average Bonchev–Trinajstić information content (AvgIpc) is 2.56. The molecule has 0 aliphatic rings. The fourth-order valence-electron chi connectivity index (χ4n) is 2.02. The van der Waals surface area contributed by atoms with Crippen LogP contribution in [-0.2, 0) is 0 Å². The molecule has 0 radical (unpaired) electrons. The van der Waals surface area contributed by atoms with Crippen LogP contribution in [0.2, 0.25) is 0 Å². The molecule has 2 N–H and O–H groups in total. The molecule has 114 valence electrons. The highest BCUT2D eigenvalue weighted by atomic mass is 16.1. The summed E-state index contributed by atoms with van der Waals surface area (Å²) in [4.78, 5) is 12.3. The highest BCUT2D eigenvalue weighted by molar-refractivity contribution is 6.05. The van der Waals surface area contributed by atoms with E-state index in [9.17, 15) is 4.79 Å². The number of hydrogen-bond acceptors (Lipinski definition) is 3. The summed E-state index contributed by atoms with van der Waals surface area (Å²) in [6.45, 7) is 2.98. The van der Waals surface area contributed by atoms with Crippen molar-refractivity contribution in [1.82, 2.24) is 5.32 Å². The molecule has 0 aliphatic heterocycles. The first kappa shape index (κ1) is 15.8. The van der Waals surface area contributed by atoms with Gasteiger partial charge in [0.05, 0.1) is 0 Å². The zero-order valence-electron chi connectivity index (χ0n) is 12.9. The molecule has 0 fully saturated rings. The van der Waals surface area contributed by atoms with Crippen LogP contribution >= 0.6 is 0 Å². The number of ketones is 1. The Morgan fingerprint density at radius 1 is 1.00 bits per heavy atom. The van der Waals surface area contributed by atoms with Gasteiger partial charge in [0.2, 0.25) is 0 Å². The predicted octanol–water partition coefficient (Wildman–Crippen LogP) is 4.21. The molecule has 0 saturated carbocycles. The van der Waals surface area contributed by atoms with Crippen LogP contribution in [0.3, 0.4) is 0 Å². The summed E-state index contributed by atoms with van der Waals surface area (Å²) in [5, 5.41) is 6.57. The van der Waals surface area contributed by atoms with Gasteiger partial charge in [0.15, 0.2) is 5.78 Å². The van der Waals surface area contributed by atoms with Crippen molar-refractivity contribution in [2.24, 2.45) is 0 Å². The second-order valence-electron chi connectivity index (χ2n) is 5.06. The Morgan fingerprint density at radius 2 is 1.64 bits per heavy atom. The molecule has 3 heteroatoms.